The molecule has 1 aliphatic rings. The van der Waals surface area contributed by atoms with Gasteiger partial charge in [0.1, 0.15) is 5.54 Å². The number of anilines is 1. The van der Waals surface area contributed by atoms with E-state index in [0.29, 0.717) is 24.9 Å². The summed E-state index contributed by atoms with van der Waals surface area (Å²) in [6.45, 7) is 0.593. The number of aliphatic hydroxyl groups is 1. The quantitative estimate of drug-likeness (QED) is 0.686. The normalized spacial score (nSPS) is 16.9. The average molecular weight is 333 g/mol. The lowest BCUT2D eigenvalue weighted by Crippen LogP contribution is -2.57. The zero-order chi connectivity index (χ0) is 17.6. The predicted molar refractivity (Wildman–Crippen MR) is 93.9 cm³/mol. The van der Waals surface area contributed by atoms with Crippen LogP contribution in [0.15, 0.2) is 24.3 Å². The number of nitrogens with two attached hydrogens (primary N) is 1. The molecule has 1 saturated carbocycles. The second-order valence-electron chi connectivity index (χ2n) is 6.51. The summed E-state index contributed by atoms with van der Waals surface area (Å²) in [5.41, 5.74) is 6.10. The van der Waals surface area contributed by atoms with Gasteiger partial charge in [-0.15, -0.1) is 0 Å². The maximum Gasteiger partial charge on any atom is 0.252 e. The molecule has 0 aromatic heterocycles. The number of nitrogens with one attached hydrogen (secondary N) is 1. The van der Waals surface area contributed by atoms with E-state index in [4.69, 9.17) is 10.8 Å². The monoisotopic (exact) mass is 333 g/mol. The first-order valence-corrected chi connectivity index (χ1v) is 8.53. The van der Waals surface area contributed by atoms with E-state index in [9.17, 15) is 9.59 Å². The summed E-state index contributed by atoms with van der Waals surface area (Å²) >= 11 is 0. The lowest BCUT2D eigenvalue weighted by Gasteiger charge is -2.30. The number of hydrogen-bond donors (Lipinski definition) is 3. The second-order valence-corrected chi connectivity index (χ2v) is 6.51. The van der Waals surface area contributed by atoms with Gasteiger partial charge in [0, 0.05) is 24.8 Å². The van der Waals surface area contributed by atoms with E-state index in [1.54, 1.807) is 12.1 Å². The molecule has 6 heteroatoms. The molecule has 0 radical (unpaired) electrons. The smallest absolute Gasteiger partial charge is 0.252 e. The van der Waals surface area contributed by atoms with Crippen molar-refractivity contribution in [1.82, 2.24) is 5.32 Å². The van der Waals surface area contributed by atoms with Crippen LogP contribution in [0.25, 0.3) is 0 Å². The minimum absolute atomic E-state index is 0.0693. The molecule has 2 rings (SSSR count). The Balaban J connectivity index is 2.11. The van der Waals surface area contributed by atoms with Gasteiger partial charge >= 0.3 is 0 Å². The maximum atomic E-state index is 12.6. The Labute approximate surface area is 143 Å². The largest absolute Gasteiger partial charge is 0.395 e. The van der Waals surface area contributed by atoms with Crippen LogP contribution < -0.4 is 16.0 Å². The van der Waals surface area contributed by atoms with Gasteiger partial charge in [-0.2, -0.15) is 0 Å². The molecular formula is C18H27N3O3. The van der Waals surface area contributed by atoms with E-state index >= 15 is 0 Å². The number of primary amides is 1. The van der Waals surface area contributed by atoms with Crippen LogP contribution in [0.1, 0.15) is 48.9 Å². The fraction of sp³-hybridized carbons (Fsp3) is 0.556. The van der Waals surface area contributed by atoms with Gasteiger partial charge in [0.05, 0.1) is 6.61 Å². The summed E-state index contributed by atoms with van der Waals surface area (Å²) in [5.74, 6) is -0.718. The van der Waals surface area contributed by atoms with Gasteiger partial charge in [0.25, 0.3) is 5.91 Å². The van der Waals surface area contributed by atoms with E-state index in [-0.39, 0.29) is 12.5 Å². The fourth-order valence-corrected chi connectivity index (χ4v) is 3.20. The molecule has 0 unspecified atom stereocenters. The molecule has 132 valence electrons. The van der Waals surface area contributed by atoms with E-state index in [1.165, 1.54) is 0 Å². The third-order valence-corrected chi connectivity index (χ3v) is 4.79. The SMILES string of the molecule is CN(CCO)c1ccc(C(=O)NC2(C(N)=O)CCCCCC2)cc1. The van der Waals surface area contributed by atoms with E-state index in [1.807, 2.05) is 24.1 Å². The van der Waals surface area contributed by atoms with Crippen LogP contribution >= 0.6 is 0 Å². The molecule has 2 amide bonds. The number of carbonyl (C=O) groups excluding carboxylic acids is 2. The molecule has 1 aromatic carbocycles. The number of hydrogen-bond acceptors (Lipinski definition) is 4. The lowest BCUT2D eigenvalue weighted by atomic mass is 9.89. The molecule has 0 aliphatic heterocycles. The van der Waals surface area contributed by atoms with Crippen LogP contribution in [0.5, 0.6) is 0 Å². The van der Waals surface area contributed by atoms with Crippen molar-refractivity contribution in [2.75, 3.05) is 25.1 Å². The van der Waals surface area contributed by atoms with Crippen molar-refractivity contribution in [3.05, 3.63) is 29.8 Å². The molecule has 4 N–H and O–H groups in total. The van der Waals surface area contributed by atoms with Gasteiger partial charge in [-0.05, 0) is 37.1 Å². The Morgan fingerprint density at radius 3 is 2.25 bits per heavy atom. The van der Waals surface area contributed by atoms with Crippen LogP contribution in [-0.4, -0.2) is 42.7 Å². The van der Waals surface area contributed by atoms with Crippen LogP contribution in [0.4, 0.5) is 5.69 Å². The Morgan fingerprint density at radius 1 is 1.17 bits per heavy atom. The molecule has 24 heavy (non-hydrogen) atoms. The van der Waals surface area contributed by atoms with Gasteiger partial charge in [-0.3, -0.25) is 9.59 Å². The van der Waals surface area contributed by atoms with Crippen molar-refractivity contribution in [2.24, 2.45) is 5.73 Å². The summed E-state index contributed by atoms with van der Waals surface area (Å²) in [4.78, 5) is 26.5. The van der Waals surface area contributed by atoms with Crippen LogP contribution in [0, 0.1) is 0 Å². The zero-order valence-electron chi connectivity index (χ0n) is 14.3. The Morgan fingerprint density at radius 2 is 1.75 bits per heavy atom. The van der Waals surface area contributed by atoms with Crippen molar-refractivity contribution in [2.45, 2.75) is 44.1 Å². The molecule has 0 atom stereocenters. The second kappa shape index (κ2) is 8.15. The molecule has 0 spiro atoms. The molecule has 1 aromatic rings. The highest BCUT2D eigenvalue weighted by atomic mass is 16.3. The van der Waals surface area contributed by atoms with Crippen molar-refractivity contribution in [1.29, 1.82) is 0 Å². The van der Waals surface area contributed by atoms with Crippen LogP contribution in [0.2, 0.25) is 0 Å². The number of likely N-dealkylation sites (N-methyl/N-ethyl adjacent to an activating group) is 1. The highest BCUT2D eigenvalue weighted by Gasteiger charge is 2.38. The molecule has 0 saturated heterocycles. The van der Waals surface area contributed by atoms with Crippen molar-refractivity contribution >= 4 is 17.5 Å². The lowest BCUT2D eigenvalue weighted by molar-refractivity contribution is -0.124. The first kappa shape index (κ1) is 18.3. The molecule has 0 bridgehead atoms. The number of amides is 2. The molecule has 1 fully saturated rings. The molecule has 1 aliphatic carbocycles. The zero-order valence-corrected chi connectivity index (χ0v) is 14.3. The molecular weight excluding hydrogens is 306 g/mol. The number of rotatable bonds is 6. The van der Waals surface area contributed by atoms with E-state index in [2.05, 4.69) is 5.32 Å². The first-order valence-electron chi connectivity index (χ1n) is 8.53. The van der Waals surface area contributed by atoms with Gasteiger partial charge in [0.2, 0.25) is 5.91 Å². The number of nitrogens with zero attached hydrogens (tertiary/aromatic N) is 1. The predicted octanol–water partition coefficient (Wildman–Crippen LogP) is 1.42. The standard InChI is InChI=1S/C18H27N3O3/c1-21(12-13-22)15-8-6-14(7-9-15)16(23)20-18(17(19)24)10-4-2-3-5-11-18/h6-9,22H,2-5,10-13H2,1H3,(H2,19,24)(H,20,23). The summed E-state index contributed by atoms with van der Waals surface area (Å²) in [6.07, 6.45) is 5.13. The van der Waals surface area contributed by atoms with Gasteiger partial charge in [-0.1, -0.05) is 25.7 Å². The number of carbonyl (C=O) groups is 2. The Hall–Kier alpha value is -2.08. The summed E-state index contributed by atoms with van der Waals surface area (Å²) < 4.78 is 0. The highest BCUT2D eigenvalue weighted by Crippen LogP contribution is 2.27. The van der Waals surface area contributed by atoms with Crippen LogP contribution in [-0.2, 0) is 4.79 Å². The number of aliphatic hydroxyl groups excluding tert-OH is 1. The Bertz CT molecular complexity index is 563. The summed E-state index contributed by atoms with van der Waals surface area (Å²) in [6, 6.07) is 7.11. The minimum Gasteiger partial charge on any atom is -0.395 e. The Kier molecular flexibility index (Phi) is 6.20. The molecule has 0 heterocycles. The van der Waals surface area contributed by atoms with Crippen LogP contribution in [0.3, 0.4) is 0 Å². The fourth-order valence-electron chi connectivity index (χ4n) is 3.20. The van der Waals surface area contributed by atoms with Crippen molar-refractivity contribution in [3.8, 4) is 0 Å². The maximum absolute atomic E-state index is 12.6. The van der Waals surface area contributed by atoms with Gasteiger partial charge in [0.15, 0.2) is 0 Å². The topological polar surface area (TPSA) is 95.7 Å². The van der Waals surface area contributed by atoms with Crippen molar-refractivity contribution < 1.29 is 14.7 Å². The first-order chi connectivity index (χ1) is 11.5. The molecule has 6 nitrogen and oxygen atoms in total. The third-order valence-electron chi connectivity index (χ3n) is 4.79. The third kappa shape index (κ3) is 4.26. The average Bonchev–Trinajstić information content (AvgIpc) is 2.82. The highest BCUT2D eigenvalue weighted by molar-refractivity contribution is 5.99. The number of benzene rings is 1. The van der Waals surface area contributed by atoms with Gasteiger partial charge < -0.3 is 21.1 Å². The summed E-state index contributed by atoms with van der Waals surface area (Å²) in [7, 11) is 1.87. The van der Waals surface area contributed by atoms with Crippen molar-refractivity contribution in [3.63, 3.8) is 0 Å². The summed E-state index contributed by atoms with van der Waals surface area (Å²) in [5, 5.41) is 11.9. The van der Waals surface area contributed by atoms with E-state index in [0.717, 1.165) is 31.4 Å². The minimum atomic E-state index is -0.931. The van der Waals surface area contributed by atoms with Gasteiger partial charge in [-0.25, -0.2) is 0 Å². The van der Waals surface area contributed by atoms with E-state index < -0.39 is 11.4 Å².